The first-order valence-electron chi connectivity index (χ1n) is 12.1. The molecule has 0 radical (unpaired) electrons. The molecule has 38 heavy (non-hydrogen) atoms. The van der Waals surface area contributed by atoms with Crippen LogP contribution in [0.25, 0.3) is 11.3 Å². The van der Waals surface area contributed by atoms with Crippen LogP contribution in [-0.2, 0) is 16.0 Å². The van der Waals surface area contributed by atoms with Crippen LogP contribution in [0.4, 0.5) is 15.2 Å². The summed E-state index contributed by atoms with van der Waals surface area (Å²) in [6.45, 7) is 8.98. The molecule has 0 bridgehead atoms. The minimum absolute atomic E-state index is 0.0940. The van der Waals surface area contributed by atoms with Gasteiger partial charge in [-0.05, 0) is 37.6 Å². The lowest BCUT2D eigenvalue weighted by Gasteiger charge is -2.41. The van der Waals surface area contributed by atoms with E-state index >= 15 is 0 Å². The first kappa shape index (κ1) is 27.4. The minimum Gasteiger partial charge on any atom is -0.350 e. The first-order valence-corrected chi connectivity index (χ1v) is 13.4. The lowest BCUT2D eigenvalue weighted by Crippen LogP contribution is -2.55. The third-order valence-corrected chi connectivity index (χ3v) is 7.58. The molecule has 1 atom stereocenters. The average molecular weight is 555 g/mol. The second kappa shape index (κ2) is 11.8. The fourth-order valence-corrected chi connectivity index (χ4v) is 5.68. The Balaban J connectivity index is 1.88. The molecule has 1 unspecified atom stereocenters. The van der Waals surface area contributed by atoms with Crippen molar-refractivity contribution in [2.75, 3.05) is 31.6 Å². The Labute approximate surface area is 230 Å². The van der Waals surface area contributed by atoms with Gasteiger partial charge in [0.05, 0.1) is 27.5 Å². The van der Waals surface area contributed by atoms with E-state index in [9.17, 15) is 14.0 Å². The molecule has 1 aliphatic heterocycles. The molecule has 1 fully saturated rings. The van der Waals surface area contributed by atoms with E-state index in [1.165, 1.54) is 28.4 Å². The number of amides is 2. The van der Waals surface area contributed by atoms with Crippen LogP contribution in [0.1, 0.15) is 25.1 Å². The molecule has 0 saturated carbocycles. The summed E-state index contributed by atoms with van der Waals surface area (Å²) in [7, 11) is 1.65. The number of aliphatic imine (C=N–C) groups is 1. The Morgan fingerprint density at radius 2 is 2.13 bits per heavy atom. The summed E-state index contributed by atoms with van der Waals surface area (Å²) in [5.41, 5.74) is 3.34. The monoisotopic (exact) mass is 554 g/mol. The zero-order valence-electron chi connectivity index (χ0n) is 21.4. The lowest BCUT2D eigenvalue weighted by atomic mass is 10.1. The Bertz CT molecular complexity index is 1390. The number of carbonyl (C=O) groups is 2. The van der Waals surface area contributed by atoms with E-state index in [2.05, 4.69) is 21.5 Å². The van der Waals surface area contributed by atoms with Crippen molar-refractivity contribution in [2.45, 2.75) is 26.3 Å². The predicted molar refractivity (Wildman–Crippen MR) is 150 cm³/mol. The Hall–Kier alpha value is -3.63. The number of aryl methyl sites for hydroxylation is 1. The van der Waals surface area contributed by atoms with E-state index in [-0.39, 0.29) is 34.0 Å². The van der Waals surface area contributed by atoms with Crippen LogP contribution in [-0.4, -0.2) is 70.6 Å². The average Bonchev–Trinajstić information content (AvgIpc) is 3.40. The van der Waals surface area contributed by atoms with E-state index < -0.39 is 5.82 Å². The number of hydrogen-bond donors (Lipinski definition) is 0. The van der Waals surface area contributed by atoms with Crippen molar-refractivity contribution in [3.8, 4) is 11.3 Å². The van der Waals surface area contributed by atoms with Crippen LogP contribution in [0.15, 0.2) is 53.5 Å². The highest BCUT2D eigenvalue weighted by atomic mass is 35.5. The highest BCUT2D eigenvalue weighted by Gasteiger charge is 2.32. The number of halogens is 2. The lowest BCUT2D eigenvalue weighted by molar-refractivity contribution is -0.128. The number of pyridine rings is 1. The Morgan fingerprint density at radius 1 is 1.37 bits per heavy atom. The normalized spacial score (nSPS) is 15.9. The molecule has 3 aromatic rings. The zero-order valence-corrected chi connectivity index (χ0v) is 23.0. The molecule has 1 saturated heterocycles. The van der Waals surface area contributed by atoms with Crippen molar-refractivity contribution >= 4 is 51.9 Å². The summed E-state index contributed by atoms with van der Waals surface area (Å²) in [6, 6.07) is 7.79. The summed E-state index contributed by atoms with van der Waals surface area (Å²) in [6.07, 6.45) is 2.59. The van der Waals surface area contributed by atoms with Gasteiger partial charge in [0.1, 0.15) is 16.7 Å². The maximum atomic E-state index is 14.8. The van der Waals surface area contributed by atoms with Gasteiger partial charge in [0.25, 0.3) is 0 Å². The molecule has 2 aromatic heterocycles. The summed E-state index contributed by atoms with van der Waals surface area (Å²) < 4.78 is 14.8. The van der Waals surface area contributed by atoms with Gasteiger partial charge >= 0.3 is 0 Å². The van der Waals surface area contributed by atoms with Crippen molar-refractivity contribution in [1.82, 2.24) is 19.8 Å². The number of hydrogen-bond acceptors (Lipinski definition) is 6. The van der Waals surface area contributed by atoms with E-state index in [0.717, 1.165) is 5.69 Å². The second-order valence-electron chi connectivity index (χ2n) is 8.68. The molecular formula is C27H28ClFN6O2S. The van der Waals surface area contributed by atoms with Gasteiger partial charge in [0.15, 0.2) is 5.82 Å². The van der Waals surface area contributed by atoms with Gasteiger partial charge < -0.3 is 9.80 Å². The number of nitrogens with zero attached hydrogens (tertiary/aromatic N) is 6. The number of benzene rings is 1. The summed E-state index contributed by atoms with van der Waals surface area (Å²) in [5, 5.41) is 0.831. The molecule has 11 heteroatoms. The van der Waals surface area contributed by atoms with E-state index in [0.29, 0.717) is 48.9 Å². The predicted octanol–water partition coefficient (Wildman–Crippen LogP) is 4.95. The van der Waals surface area contributed by atoms with Crippen molar-refractivity contribution in [1.29, 1.82) is 0 Å². The molecule has 0 aliphatic carbocycles. The highest BCUT2D eigenvalue weighted by Crippen LogP contribution is 2.38. The highest BCUT2D eigenvalue weighted by molar-refractivity contribution is 7.14. The summed E-state index contributed by atoms with van der Waals surface area (Å²) >= 11 is 8.03. The number of thiazole rings is 1. The van der Waals surface area contributed by atoms with Gasteiger partial charge in [0.2, 0.25) is 12.3 Å². The molecule has 8 nitrogen and oxygen atoms in total. The van der Waals surface area contributed by atoms with Gasteiger partial charge in [-0.1, -0.05) is 37.2 Å². The molecule has 0 spiro atoms. The van der Waals surface area contributed by atoms with Crippen LogP contribution in [0, 0.1) is 5.82 Å². The van der Waals surface area contributed by atoms with Gasteiger partial charge in [-0.15, -0.1) is 11.3 Å². The first-order chi connectivity index (χ1) is 18.3. The maximum absolute atomic E-state index is 14.8. The molecule has 3 heterocycles. The molecule has 2 amide bonds. The second-order valence-corrected chi connectivity index (χ2v) is 9.92. The SMILES string of the molecule is C=CC(=O)N1CCN(/C(=N/C)c2cc(Cl)c(-c3ccccc3F)nc2N(C=O)c2scnc2CC)C(C)C1. The van der Waals surface area contributed by atoms with Crippen molar-refractivity contribution in [3.63, 3.8) is 0 Å². The molecule has 0 N–H and O–H groups in total. The quantitative estimate of drug-likeness (QED) is 0.179. The van der Waals surface area contributed by atoms with Gasteiger partial charge in [-0.2, -0.15) is 0 Å². The van der Waals surface area contributed by atoms with Crippen LogP contribution in [0.2, 0.25) is 5.02 Å². The van der Waals surface area contributed by atoms with E-state index in [1.54, 1.807) is 41.7 Å². The minimum atomic E-state index is -0.480. The number of piperazine rings is 1. The molecular weight excluding hydrogens is 527 g/mol. The van der Waals surface area contributed by atoms with Crippen LogP contribution < -0.4 is 4.90 Å². The number of amidine groups is 1. The van der Waals surface area contributed by atoms with E-state index in [1.807, 2.05) is 13.8 Å². The Kier molecular flexibility index (Phi) is 8.53. The number of anilines is 2. The third-order valence-electron chi connectivity index (χ3n) is 6.43. The van der Waals surface area contributed by atoms with E-state index in [4.69, 9.17) is 16.6 Å². The van der Waals surface area contributed by atoms with Crippen LogP contribution in [0.3, 0.4) is 0 Å². The molecule has 1 aromatic carbocycles. The fourth-order valence-electron chi connectivity index (χ4n) is 4.57. The molecule has 4 rings (SSSR count). The topological polar surface area (TPSA) is 82.0 Å². The molecule has 1 aliphatic rings. The number of aromatic nitrogens is 2. The van der Waals surface area contributed by atoms with Crippen molar-refractivity contribution in [2.24, 2.45) is 4.99 Å². The number of rotatable bonds is 7. The standard InChI is InChI=1S/C27H28ClFN6O2S/c1-5-22-27(38-15-31-22)35(16-36)26-19(13-20(28)24(32-26)18-9-7-8-10-21(18)29)25(30-4)34-12-11-33(14-17(34)3)23(37)6-2/h6-10,13,15-17H,2,5,11-12,14H2,1,3-4H3/b30-25+. The van der Waals surface area contributed by atoms with Crippen molar-refractivity contribution < 1.29 is 14.0 Å². The smallest absolute Gasteiger partial charge is 0.246 e. The summed E-state index contributed by atoms with van der Waals surface area (Å²) in [5.74, 6) is 0.211. The Morgan fingerprint density at radius 3 is 2.76 bits per heavy atom. The summed E-state index contributed by atoms with van der Waals surface area (Å²) in [4.78, 5) is 43.7. The molecule has 198 valence electrons. The maximum Gasteiger partial charge on any atom is 0.246 e. The number of carbonyl (C=O) groups excluding carboxylic acids is 2. The van der Waals surface area contributed by atoms with Crippen LogP contribution in [0.5, 0.6) is 0 Å². The fraction of sp³-hybridized carbons (Fsp3) is 0.296. The van der Waals surface area contributed by atoms with Crippen molar-refractivity contribution in [3.05, 3.63) is 70.6 Å². The zero-order chi connectivity index (χ0) is 27.4. The van der Waals surface area contributed by atoms with Gasteiger partial charge in [0, 0.05) is 38.3 Å². The third kappa shape index (κ3) is 5.19. The van der Waals surface area contributed by atoms with Gasteiger partial charge in [-0.25, -0.2) is 14.4 Å². The largest absolute Gasteiger partial charge is 0.350 e. The van der Waals surface area contributed by atoms with Crippen LogP contribution >= 0.6 is 22.9 Å². The van der Waals surface area contributed by atoms with Gasteiger partial charge in [-0.3, -0.25) is 19.5 Å².